The number of carbonyl (C=O) groups is 1. The molecule has 0 saturated carbocycles. The van der Waals surface area contributed by atoms with Crippen LogP contribution in [0.5, 0.6) is 0 Å². The number of hydrogen-bond acceptors (Lipinski definition) is 3. The highest BCUT2D eigenvalue weighted by Crippen LogP contribution is 2.26. The Morgan fingerprint density at radius 1 is 1.26 bits per heavy atom. The lowest BCUT2D eigenvalue weighted by Gasteiger charge is -2.32. The van der Waals surface area contributed by atoms with E-state index in [1.165, 1.54) is 0 Å². The molecule has 7 heteroatoms. The molecule has 1 aliphatic heterocycles. The van der Waals surface area contributed by atoms with Gasteiger partial charge in [-0.3, -0.25) is 14.0 Å². The standard InChI is InChI=1S/C20H25N5O2/c1-3-10-24-14(2)16(13-21-24)19(26)23-11-8-15(9-12-23)25-18-7-5-4-6-17(18)22-20(25)27/h4-7,13,15H,3,8-12H2,1-2H3,(H,22,27). The molecular weight excluding hydrogens is 342 g/mol. The number of H-pyrrole nitrogens is 1. The quantitative estimate of drug-likeness (QED) is 0.770. The van der Waals surface area contributed by atoms with Crippen LogP contribution in [-0.2, 0) is 6.54 Å². The molecule has 0 unspecified atom stereocenters. The van der Waals surface area contributed by atoms with E-state index in [1.54, 1.807) is 6.20 Å². The summed E-state index contributed by atoms with van der Waals surface area (Å²) in [5.74, 6) is 0.0413. The fourth-order valence-corrected chi connectivity index (χ4v) is 4.03. The highest BCUT2D eigenvalue weighted by molar-refractivity contribution is 5.95. The van der Waals surface area contributed by atoms with Crippen molar-refractivity contribution < 1.29 is 4.79 Å². The normalized spacial score (nSPS) is 15.6. The minimum Gasteiger partial charge on any atom is -0.338 e. The molecule has 142 valence electrons. The van der Waals surface area contributed by atoms with Crippen molar-refractivity contribution in [3.8, 4) is 0 Å². The fourth-order valence-electron chi connectivity index (χ4n) is 4.03. The Morgan fingerprint density at radius 3 is 2.74 bits per heavy atom. The largest absolute Gasteiger partial charge is 0.338 e. The Labute approximate surface area is 157 Å². The van der Waals surface area contributed by atoms with Crippen LogP contribution in [0.25, 0.3) is 11.0 Å². The van der Waals surface area contributed by atoms with E-state index in [0.29, 0.717) is 18.7 Å². The number of hydrogen-bond donors (Lipinski definition) is 1. The average Bonchev–Trinajstić information content (AvgIpc) is 3.21. The third kappa shape index (κ3) is 3.07. The zero-order valence-corrected chi connectivity index (χ0v) is 15.8. The number of imidazole rings is 1. The summed E-state index contributed by atoms with van der Waals surface area (Å²) in [6.07, 6.45) is 4.22. The van der Waals surface area contributed by atoms with E-state index in [0.717, 1.165) is 42.5 Å². The lowest BCUT2D eigenvalue weighted by molar-refractivity contribution is 0.0694. The van der Waals surface area contributed by atoms with E-state index in [1.807, 2.05) is 45.3 Å². The van der Waals surface area contributed by atoms with E-state index < -0.39 is 0 Å². The molecule has 1 saturated heterocycles. The summed E-state index contributed by atoms with van der Waals surface area (Å²) in [5, 5.41) is 4.34. The van der Waals surface area contributed by atoms with Gasteiger partial charge in [-0.2, -0.15) is 5.10 Å². The fraction of sp³-hybridized carbons (Fsp3) is 0.450. The minimum atomic E-state index is -0.0716. The molecule has 1 fully saturated rings. The maximum Gasteiger partial charge on any atom is 0.326 e. The van der Waals surface area contributed by atoms with E-state index >= 15 is 0 Å². The number of benzene rings is 1. The number of amides is 1. The molecule has 1 N–H and O–H groups in total. The Balaban J connectivity index is 1.49. The molecule has 3 heterocycles. The van der Waals surface area contributed by atoms with Crippen LogP contribution in [0, 0.1) is 6.92 Å². The van der Waals surface area contributed by atoms with Gasteiger partial charge >= 0.3 is 5.69 Å². The van der Waals surface area contributed by atoms with Gasteiger partial charge < -0.3 is 9.88 Å². The van der Waals surface area contributed by atoms with E-state index in [9.17, 15) is 9.59 Å². The number of nitrogens with zero attached hydrogens (tertiary/aromatic N) is 4. The van der Waals surface area contributed by atoms with Gasteiger partial charge in [0, 0.05) is 31.4 Å². The van der Waals surface area contributed by atoms with Gasteiger partial charge in [-0.25, -0.2) is 4.79 Å². The molecule has 1 aromatic carbocycles. The molecule has 2 aromatic heterocycles. The molecule has 1 amide bonds. The summed E-state index contributed by atoms with van der Waals surface area (Å²) < 4.78 is 3.74. The Hall–Kier alpha value is -2.83. The second-order valence-electron chi connectivity index (χ2n) is 7.21. The van der Waals surface area contributed by atoms with Crippen LogP contribution in [0.4, 0.5) is 0 Å². The molecular formula is C20H25N5O2. The summed E-state index contributed by atoms with van der Waals surface area (Å²) >= 11 is 0. The Morgan fingerprint density at radius 2 is 2.00 bits per heavy atom. The average molecular weight is 367 g/mol. The number of rotatable bonds is 4. The van der Waals surface area contributed by atoms with Crippen molar-refractivity contribution in [3.63, 3.8) is 0 Å². The van der Waals surface area contributed by atoms with Crippen molar-refractivity contribution in [2.24, 2.45) is 0 Å². The minimum absolute atomic E-state index is 0.0413. The Kier molecular flexibility index (Phi) is 4.59. The summed E-state index contributed by atoms with van der Waals surface area (Å²) in [6, 6.07) is 7.87. The van der Waals surface area contributed by atoms with Crippen LogP contribution >= 0.6 is 0 Å². The first-order chi connectivity index (χ1) is 13.1. The van der Waals surface area contributed by atoms with Gasteiger partial charge in [0.25, 0.3) is 5.91 Å². The second-order valence-corrected chi connectivity index (χ2v) is 7.21. The highest BCUT2D eigenvalue weighted by atomic mass is 16.2. The van der Waals surface area contributed by atoms with Crippen molar-refractivity contribution in [2.75, 3.05) is 13.1 Å². The van der Waals surface area contributed by atoms with Gasteiger partial charge in [-0.1, -0.05) is 19.1 Å². The summed E-state index contributed by atoms with van der Waals surface area (Å²) in [4.78, 5) is 30.1. The number of carbonyl (C=O) groups excluding carboxylic acids is 1. The first-order valence-corrected chi connectivity index (χ1v) is 9.61. The van der Waals surface area contributed by atoms with Gasteiger partial charge in [-0.05, 0) is 38.3 Å². The molecule has 0 spiro atoms. The zero-order chi connectivity index (χ0) is 19.0. The van der Waals surface area contributed by atoms with Gasteiger partial charge in [0.1, 0.15) is 0 Å². The van der Waals surface area contributed by atoms with Crippen molar-refractivity contribution in [3.05, 3.63) is 52.2 Å². The van der Waals surface area contributed by atoms with E-state index in [4.69, 9.17) is 0 Å². The molecule has 27 heavy (non-hydrogen) atoms. The third-order valence-corrected chi connectivity index (χ3v) is 5.51. The van der Waals surface area contributed by atoms with Crippen LogP contribution in [-0.4, -0.2) is 43.2 Å². The summed E-state index contributed by atoms with van der Waals surface area (Å²) in [7, 11) is 0. The number of aryl methyl sites for hydroxylation is 1. The first-order valence-electron chi connectivity index (χ1n) is 9.61. The monoisotopic (exact) mass is 367 g/mol. The number of aromatic nitrogens is 4. The molecule has 0 atom stereocenters. The van der Waals surface area contributed by atoms with E-state index in [-0.39, 0.29) is 17.6 Å². The SMILES string of the molecule is CCCn1ncc(C(=O)N2CCC(n3c(=O)[nH]c4ccccc43)CC2)c1C. The second kappa shape index (κ2) is 7.06. The van der Waals surface area contributed by atoms with Gasteiger partial charge in [0.05, 0.1) is 22.8 Å². The molecule has 0 bridgehead atoms. The van der Waals surface area contributed by atoms with Crippen LogP contribution < -0.4 is 5.69 Å². The van der Waals surface area contributed by atoms with Crippen LogP contribution in [0.1, 0.15) is 48.3 Å². The number of aromatic amines is 1. The predicted molar refractivity (Wildman–Crippen MR) is 104 cm³/mol. The highest BCUT2D eigenvalue weighted by Gasteiger charge is 2.28. The van der Waals surface area contributed by atoms with Crippen molar-refractivity contribution in [1.82, 2.24) is 24.2 Å². The van der Waals surface area contributed by atoms with Gasteiger partial charge in [-0.15, -0.1) is 0 Å². The third-order valence-electron chi connectivity index (χ3n) is 5.51. The van der Waals surface area contributed by atoms with Crippen LogP contribution in [0.2, 0.25) is 0 Å². The zero-order valence-electron chi connectivity index (χ0n) is 15.8. The van der Waals surface area contributed by atoms with Gasteiger partial charge in [0.15, 0.2) is 0 Å². The molecule has 1 aliphatic rings. The van der Waals surface area contributed by atoms with Crippen LogP contribution in [0.15, 0.2) is 35.3 Å². The maximum absolute atomic E-state index is 12.9. The molecule has 0 aliphatic carbocycles. The number of likely N-dealkylation sites (tertiary alicyclic amines) is 1. The molecule has 4 rings (SSSR count). The molecule has 7 nitrogen and oxygen atoms in total. The Bertz CT molecular complexity index is 1020. The lowest BCUT2D eigenvalue weighted by Crippen LogP contribution is -2.40. The van der Waals surface area contributed by atoms with Crippen molar-refractivity contribution in [1.29, 1.82) is 0 Å². The molecule has 3 aromatic rings. The smallest absolute Gasteiger partial charge is 0.326 e. The van der Waals surface area contributed by atoms with Crippen molar-refractivity contribution >= 4 is 16.9 Å². The summed E-state index contributed by atoms with van der Waals surface area (Å²) in [5.41, 5.74) is 3.34. The number of piperidine rings is 1. The van der Waals surface area contributed by atoms with Crippen LogP contribution in [0.3, 0.4) is 0 Å². The van der Waals surface area contributed by atoms with Crippen molar-refractivity contribution in [2.45, 2.75) is 45.7 Å². The number of nitrogens with one attached hydrogen (secondary N) is 1. The maximum atomic E-state index is 12.9. The summed E-state index contributed by atoms with van der Waals surface area (Å²) in [6.45, 7) is 6.17. The molecule has 0 radical (unpaired) electrons. The van der Waals surface area contributed by atoms with E-state index in [2.05, 4.69) is 17.0 Å². The first kappa shape index (κ1) is 17.6. The number of fused-ring (bicyclic) bond motifs is 1. The predicted octanol–water partition coefficient (Wildman–Crippen LogP) is 2.72. The topological polar surface area (TPSA) is 75.9 Å². The van der Waals surface area contributed by atoms with Gasteiger partial charge in [0.2, 0.25) is 0 Å². The lowest BCUT2D eigenvalue weighted by atomic mass is 10.0. The number of para-hydroxylation sites is 2.